The molecule has 1 aromatic heterocycles. The van der Waals surface area contributed by atoms with Gasteiger partial charge in [0.2, 0.25) is 0 Å². The highest BCUT2D eigenvalue weighted by Gasteiger charge is 2.04. The van der Waals surface area contributed by atoms with Crippen LogP contribution in [0, 0.1) is 5.82 Å². The monoisotopic (exact) mass is 317 g/mol. The number of furan rings is 1. The zero-order chi connectivity index (χ0) is 12.3. The summed E-state index contributed by atoms with van der Waals surface area (Å²) in [7, 11) is 0. The van der Waals surface area contributed by atoms with E-state index in [1.54, 1.807) is 18.4 Å². The van der Waals surface area contributed by atoms with E-state index in [0.29, 0.717) is 13.1 Å². The van der Waals surface area contributed by atoms with E-state index >= 15 is 0 Å². The lowest BCUT2D eigenvalue weighted by molar-refractivity contribution is 0.480. The largest absolute Gasteiger partial charge is 0.467 e. The third-order valence-corrected chi connectivity index (χ3v) is 3.29. The predicted molar refractivity (Wildman–Crippen MR) is 68.4 cm³/mol. The van der Waals surface area contributed by atoms with Gasteiger partial charge in [-0.05, 0) is 39.7 Å². The highest BCUT2D eigenvalue weighted by molar-refractivity contribution is 9.10. The summed E-state index contributed by atoms with van der Waals surface area (Å²) in [6.07, 6.45) is 1.62. The molecule has 0 fully saturated rings. The lowest BCUT2D eigenvalue weighted by Gasteiger charge is -2.04. The van der Waals surface area contributed by atoms with Crippen LogP contribution >= 0.6 is 27.5 Å². The molecule has 17 heavy (non-hydrogen) atoms. The van der Waals surface area contributed by atoms with Crippen molar-refractivity contribution in [1.29, 1.82) is 0 Å². The van der Waals surface area contributed by atoms with Crippen molar-refractivity contribution in [3.63, 3.8) is 0 Å². The van der Waals surface area contributed by atoms with Crippen molar-refractivity contribution in [3.05, 3.63) is 57.2 Å². The Kier molecular flexibility index (Phi) is 4.20. The summed E-state index contributed by atoms with van der Waals surface area (Å²) in [4.78, 5) is 0. The summed E-state index contributed by atoms with van der Waals surface area (Å²) in [6, 6.07) is 6.51. The summed E-state index contributed by atoms with van der Waals surface area (Å²) < 4.78 is 19.1. The molecule has 1 aromatic carbocycles. The van der Waals surface area contributed by atoms with Crippen LogP contribution in [-0.4, -0.2) is 0 Å². The Morgan fingerprint density at radius 3 is 2.76 bits per heavy atom. The Bertz CT molecular complexity index is 515. The zero-order valence-corrected chi connectivity index (χ0v) is 11.2. The van der Waals surface area contributed by atoms with Gasteiger partial charge in [0.25, 0.3) is 0 Å². The molecule has 2 rings (SSSR count). The molecule has 0 bridgehead atoms. The zero-order valence-electron chi connectivity index (χ0n) is 8.84. The number of rotatable bonds is 4. The van der Waals surface area contributed by atoms with Gasteiger partial charge in [0.05, 0.1) is 22.3 Å². The van der Waals surface area contributed by atoms with Crippen LogP contribution in [0.4, 0.5) is 4.39 Å². The maximum Gasteiger partial charge on any atom is 0.141 e. The van der Waals surface area contributed by atoms with Crippen LogP contribution in [0.1, 0.15) is 11.3 Å². The van der Waals surface area contributed by atoms with Crippen molar-refractivity contribution in [2.45, 2.75) is 13.1 Å². The highest BCUT2D eigenvalue weighted by atomic mass is 79.9. The normalized spacial score (nSPS) is 10.8. The third-order valence-electron chi connectivity index (χ3n) is 2.29. The molecule has 0 aliphatic heterocycles. The second kappa shape index (κ2) is 5.67. The van der Waals surface area contributed by atoms with E-state index in [-0.39, 0.29) is 5.02 Å². The lowest BCUT2D eigenvalue weighted by atomic mass is 10.2. The fourth-order valence-electron chi connectivity index (χ4n) is 1.42. The second-order valence-corrected chi connectivity index (χ2v) is 4.81. The van der Waals surface area contributed by atoms with Gasteiger partial charge < -0.3 is 9.73 Å². The van der Waals surface area contributed by atoms with Crippen LogP contribution in [0.2, 0.25) is 5.02 Å². The molecule has 0 radical (unpaired) electrons. The first-order chi connectivity index (χ1) is 8.16. The van der Waals surface area contributed by atoms with Crippen LogP contribution < -0.4 is 5.32 Å². The van der Waals surface area contributed by atoms with Gasteiger partial charge in [-0.3, -0.25) is 0 Å². The van der Waals surface area contributed by atoms with Crippen LogP contribution in [0.25, 0.3) is 0 Å². The van der Waals surface area contributed by atoms with Gasteiger partial charge >= 0.3 is 0 Å². The number of hydrogen-bond donors (Lipinski definition) is 1. The minimum absolute atomic E-state index is 0.142. The summed E-state index contributed by atoms with van der Waals surface area (Å²) in [5, 5.41) is 3.33. The molecule has 0 spiro atoms. The van der Waals surface area contributed by atoms with Crippen molar-refractivity contribution in [2.75, 3.05) is 0 Å². The molecule has 2 aromatic rings. The predicted octanol–water partition coefficient (Wildman–Crippen LogP) is 4.12. The fourth-order valence-corrected chi connectivity index (χ4v) is 1.97. The Morgan fingerprint density at radius 1 is 1.29 bits per heavy atom. The van der Waals surface area contributed by atoms with Crippen LogP contribution in [-0.2, 0) is 13.1 Å². The first kappa shape index (κ1) is 12.6. The number of hydrogen-bond acceptors (Lipinski definition) is 2. The van der Waals surface area contributed by atoms with Crippen molar-refractivity contribution >= 4 is 27.5 Å². The van der Waals surface area contributed by atoms with E-state index in [1.165, 1.54) is 6.07 Å². The Balaban J connectivity index is 1.90. The summed E-state index contributed by atoms with van der Waals surface area (Å²) in [5.74, 6) is 0.433. The molecule has 0 unspecified atom stereocenters. The average molecular weight is 319 g/mol. The Labute approximate surface area is 112 Å². The summed E-state index contributed by atoms with van der Waals surface area (Å²) in [5.41, 5.74) is 0.930. The van der Waals surface area contributed by atoms with Crippen molar-refractivity contribution in [2.24, 2.45) is 0 Å². The maximum absolute atomic E-state index is 12.9. The Hall–Kier alpha value is -0.840. The standard InChI is InChI=1S/C12H10BrClFNO/c13-9-3-4-17-12(9)7-16-6-8-1-2-11(15)10(14)5-8/h1-5,16H,6-7H2. The molecule has 0 aliphatic rings. The number of benzene rings is 1. The van der Waals surface area contributed by atoms with Gasteiger partial charge in [-0.2, -0.15) is 0 Å². The van der Waals surface area contributed by atoms with Gasteiger partial charge in [0, 0.05) is 6.54 Å². The molecule has 1 N–H and O–H groups in total. The minimum Gasteiger partial charge on any atom is -0.467 e. The SMILES string of the molecule is Fc1ccc(CNCc2occc2Br)cc1Cl. The topological polar surface area (TPSA) is 25.2 Å². The van der Waals surface area contributed by atoms with Crippen LogP contribution in [0.15, 0.2) is 39.4 Å². The molecule has 0 saturated carbocycles. The number of halogens is 3. The molecule has 2 nitrogen and oxygen atoms in total. The molecular formula is C12H10BrClFNO. The highest BCUT2D eigenvalue weighted by Crippen LogP contribution is 2.18. The summed E-state index contributed by atoms with van der Waals surface area (Å²) in [6.45, 7) is 1.20. The minimum atomic E-state index is -0.399. The van der Waals surface area contributed by atoms with Gasteiger partial charge in [-0.25, -0.2) is 4.39 Å². The van der Waals surface area contributed by atoms with Crippen molar-refractivity contribution < 1.29 is 8.81 Å². The van der Waals surface area contributed by atoms with Gasteiger partial charge in [-0.1, -0.05) is 17.7 Å². The summed E-state index contributed by atoms with van der Waals surface area (Å²) >= 11 is 9.06. The third kappa shape index (κ3) is 3.31. The fraction of sp³-hybridized carbons (Fsp3) is 0.167. The Morgan fingerprint density at radius 2 is 2.12 bits per heavy atom. The van der Waals surface area contributed by atoms with Gasteiger partial charge in [0.1, 0.15) is 11.6 Å². The van der Waals surface area contributed by atoms with E-state index in [0.717, 1.165) is 15.8 Å². The van der Waals surface area contributed by atoms with Gasteiger partial charge in [0.15, 0.2) is 0 Å². The molecule has 0 aliphatic carbocycles. The van der Waals surface area contributed by atoms with E-state index in [4.69, 9.17) is 16.0 Å². The van der Waals surface area contributed by atoms with E-state index in [2.05, 4.69) is 21.2 Å². The molecule has 90 valence electrons. The van der Waals surface area contributed by atoms with E-state index in [9.17, 15) is 4.39 Å². The first-order valence-electron chi connectivity index (χ1n) is 5.03. The van der Waals surface area contributed by atoms with Crippen molar-refractivity contribution in [1.82, 2.24) is 5.32 Å². The first-order valence-corrected chi connectivity index (χ1v) is 6.20. The molecule has 0 amide bonds. The second-order valence-electron chi connectivity index (χ2n) is 3.54. The van der Waals surface area contributed by atoms with E-state index < -0.39 is 5.82 Å². The average Bonchev–Trinajstić information content (AvgIpc) is 2.70. The van der Waals surface area contributed by atoms with E-state index in [1.807, 2.05) is 6.07 Å². The van der Waals surface area contributed by atoms with Crippen LogP contribution in [0.5, 0.6) is 0 Å². The molecular weight excluding hydrogens is 308 g/mol. The molecule has 0 saturated heterocycles. The smallest absolute Gasteiger partial charge is 0.141 e. The quantitative estimate of drug-likeness (QED) is 0.917. The maximum atomic E-state index is 12.9. The van der Waals surface area contributed by atoms with Crippen molar-refractivity contribution in [3.8, 4) is 0 Å². The molecule has 1 heterocycles. The van der Waals surface area contributed by atoms with Crippen LogP contribution in [0.3, 0.4) is 0 Å². The molecule has 0 atom stereocenters. The molecule has 5 heteroatoms. The number of nitrogens with one attached hydrogen (secondary N) is 1. The lowest BCUT2D eigenvalue weighted by Crippen LogP contribution is -2.12. The van der Waals surface area contributed by atoms with Gasteiger partial charge in [-0.15, -0.1) is 0 Å².